The summed E-state index contributed by atoms with van der Waals surface area (Å²) in [5, 5.41) is 28.5. The van der Waals surface area contributed by atoms with Crippen molar-refractivity contribution in [2.45, 2.75) is 0 Å². The third kappa shape index (κ3) is 0.787. The average Bonchev–Trinajstić information content (AvgIpc) is 2.80. The van der Waals surface area contributed by atoms with E-state index < -0.39 is 46.0 Å². The zero-order valence-electron chi connectivity index (χ0n) is 7.34. The molecule has 16 heavy (non-hydrogen) atoms. The lowest BCUT2D eigenvalue weighted by Crippen LogP contribution is -2.21. The largest absolute Gasteiger partial charge is 0.544 e. The first-order chi connectivity index (χ1) is 7.61. The molecule has 0 saturated carbocycles. The van der Waals surface area contributed by atoms with E-state index in [1.54, 1.807) is 0 Å². The number of hydrogen-bond acceptors (Lipinski definition) is 8. The number of carbonyl (C=O) groups is 2. The van der Waals surface area contributed by atoms with Gasteiger partial charge in [-0.2, -0.15) is 10.3 Å². The van der Waals surface area contributed by atoms with Crippen LogP contribution in [0.3, 0.4) is 0 Å². The molecule has 8 nitrogen and oxygen atoms in total. The molecule has 8 heteroatoms. The maximum absolute atomic E-state index is 11.6. The number of fused-ring (bicyclic) bond motifs is 2. The van der Waals surface area contributed by atoms with Gasteiger partial charge < -0.3 is 19.3 Å². The van der Waals surface area contributed by atoms with Crippen molar-refractivity contribution in [1.82, 2.24) is 10.3 Å². The van der Waals surface area contributed by atoms with Crippen molar-refractivity contribution < 1.29 is 28.8 Å². The van der Waals surface area contributed by atoms with Gasteiger partial charge >= 0.3 is 0 Å². The first kappa shape index (κ1) is 8.65. The van der Waals surface area contributed by atoms with Crippen molar-refractivity contribution in [1.29, 1.82) is 0 Å². The normalized spacial score (nSPS) is 13.8. The predicted octanol–water partition coefficient (Wildman–Crippen LogP) is -1.41. The average molecular weight is 220 g/mol. The lowest BCUT2D eigenvalue weighted by Gasteiger charge is -2.09. The molecule has 0 aliphatic heterocycles. The minimum atomic E-state index is -1.03. The van der Waals surface area contributed by atoms with Crippen LogP contribution in [-0.4, -0.2) is 21.9 Å². The Bertz CT molecular complexity index is 581. The molecule has 0 bridgehead atoms. The fourth-order valence-corrected chi connectivity index (χ4v) is 1.50. The smallest absolute Gasteiger partial charge is 0.217 e. The summed E-state index contributed by atoms with van der Waals surface area (Å²) in [6.07, 6.45) is 0. The molecule has 80 valence electrons. The molecular formula is C8N2O6-2. The Morgan fingerprint density at radius 2 is 1.19 bits per heavy atom. The molecule has 0 amide bonds. The van der Waals surface area contributed by atoms with E-state index in [-0.39, 0.29) is 0 Å². The minimum Gasteiger partial charge on any atom is -0.544 e. The van der Waals surface area contributed by atoms with Gasteiger partial charge in [0.05, 0.1) is 23.0 Å². The summed E-state index contributed by atoms with van der Waals surface area (Å²) in [5.41, 5.74) is -1.96. The third-order valence-corrected chi connectivity index (χ3v) is 2.21. The molecule has 0 saturated heterocycles. The van der Waals surface area contributed by atoms with Gasteiger partial charge in [-0.25, -0.2) is 0 Å². The molecule has 0 atom stereocenters. The third-order valence-electron chi connectivity index (χ3n) is 2.21. The van der Waals surface area contributed by atoms with Crippen molar-refractivity contribution in [3.8, 4) is 11.9 Å². The Labute approximate surface area is 86.1 Å². The topological polar surface area (TPSA) is 132 Å². The molecule has 0 spiro atoms. The molecule has 1 aliphatic carbocycles. The van der Waals surface area contributed by atoms with Gasteiger partial charge in [-0.05, 0) is 0 Å². The summed E-state index contributed by atoms with van der Waals surface area (Å²) in [7, 11) is 0. The number of rotatable bonds is 0. The monoisotopic (exact) mass is 220 g/mol. The van der Waals surface area contributed by atoms with Gasteiger partial charge in [0.2, 0.25) is 11.6 Å². The molecule has 0 N–H and O–H groups in total. The standard InChI is InChI=1S/C8H2N2O6/c11-5-1-3(9-15-7(1)13)6(12)2-4(5)10-16-8(2)14/h13-14H/p-2. The van der Waals surface area contributed by atoms with Crippen LogP contribution >= 0.6 is 0 Å². The zero-order valence-corrected chi connectivity index (χ0v) is 7.34. The van der Waals surface area contributed by atoms with Crippen molar-refractivity contribution >= 4 is 11.6 Å². The number of ketones is 2. The molecule has 2 heterocycles. The molecular weight excluding hydrogens is 220 g/mol. The van der Waals surface area contributed by atoms with E-state index >= 15 is 0 Å². The molecule has 1 aliphatic rings. The summed E-state index contributed by atoms with van der Waals surface area (Å²) < 4.78 is 8.38. The van der Waals surface area contributed by atoms with Crippen LogP contribution < -0.4 is 10.2 Å². The SMILES string of the molecule is O=C1c2noc([O-])c2C(=O)c2noc([O-])c21. The highest BCUT2D eigenvalue weighted by molar-refractivity contribution is 6.28. The van der Waals surface area contributed by atoms with Gasteiger partial charge in [0.1, 0.15) is 11.4 Å². The quantitative estimate of drug-likeness (QED) is 0.451. The van der Waals surface area contributed by atoms with Gasteiger partial charge in [0.25, 0.3) is 0 Å². The van der Waals surface area contributed by atoms with E-state index in [0.29, 0.717) is 0 Å². The van der Waals surface area contributed by atoms with Gasteiger partial charge in [-0.1, -0.05) is 0 Å². The Kier molecular flexibility index (Phi) is 1.34. The van der Waals surface area contributed by atoms with Crippen LogP contribution in [0.4, 0.5) is 0 Å². The highest BCUT2D eigenvalue weighted by Crippen LogP contribution is 2.33. The van der Waals surface area contributed by atoms with Crippen LogP contribution in [0.15, 0.2) is 9.05 Å². The van der Waals surface area contributed by atoms with E-state index in [2.05, 4.69) is 19.4 Å². The van der Waals surface area contributed by atoms with E-state index in [9.17, 15) is 19.8 Å². The van der Waals surface area contributed by atoms with Crippen molar-refractivity contribution in [3.05, 3.63) is 22.5 Å². The highest BCUT2D eigenvalue weighted by atomic mass is 16.6. The van der Waals surface area contributed by atoms with Gasteiger partial charge in [-0.15, -0.1) is 0 Å². The fourth-order valence-electron chi connectivity index (χ4n) is 1.50. The van der Waals surface area contributed by atoms with Crippen molar-refractivity contribution in [2.24, 2.45) is 0 Å². The second-order valence-electron chi connectivity index (χ2n) is 3.05. The molecule has 3 rings (SSSR count). The Hall–Kier alpha value is -2.64. The van der Waals surface area contributed by atoms with Crippen LogP contribution in [0.5, 0.6) is 11.9 Å². The van der Waals surface area contributed by atoms with Crippen LogP contribution in [0.25, 0.3) is 0 Å². The van der Waals surface area contributed by atoms with Crippen molar-refractivity contribution in [2.75, 3.05) is 0 Å². The van der Waals surface area contributed by atoms with E-state index in [1.165, 1.54) is 0 Å². The Morgan fingerprint density at radius 3 is 1.56 bits per heavy atom. The minimum absolute atomic E-state index is 0.470. The maximum Gasteiger partial charge on any atom is 0.217 e. The van der Waals surface area contributed by atoms with Gasteiger partial charge in [-0.3, -0.25) is 9.59 Å². The first-order valence-electron chi connectivity index (χ1n) is 4.04. The number of nitrogens with zero attached hydrogens (tertiary/aromatic N) is 2. The molecule has 0 aromatic carbocycles. The lowest BCUT2D eigenvalue weighted by molar-refractivity contribution is -0.298. The van der Waals surface area contributed by atoms with Gasteiger partial charge in [0.15, 0.2) is 0 Å². The lowest BCUT2D eigenvalue weighted by atomic mass is 9.93. The second-order valence-corrected chi connectivity index (χ2v) is 3.05. The summed E-state index contributed by atoms with van der Waals surface area (Å²) in [6.45, 7) is 0. The van der Waals surface area contributed by atoms with E-state index in [4.69, 9.17) is 0 Å². The molecule has 0 radical (unpaired) electrons. The fraction of sp³-hybridized carbons (Fsp3) is 0. The molecule has 2 aromatic heterocycles. The zero-order chi connectivity index (χ0) is 11.4. The first-order valence-corrected chi connectivity index (χ1v) is 4.04. The summed E-state index contributed by atoms with van der Waals surface area (Å²) in [4.78, 5) is 23.3. The summed E-state index contributed by atoms with van der Waals surface area (Å²) in [6, 6.07) is 0. The molecule has 0 unspecified atom stereocenters. The summed E-state index contributed by atoms with van der Waals surface area (Å²) in [5.74, 6) is -3.84. The van der Waals surface area contributed by atoms with Crippen LogP contribution in [0.1, 0.15) is 32.1 Å². The van der Waals surface area contributed by atoms with E-state index in [0.717, 1.165) is 0 Å². The second kappa shape index (κ2) is 2.48. The number of hydrogen-bond donors (Lipinski definition) is 0. The maximum atomic E-state index is 11.6. The number of aromatic nitrogens is 2. The molecule has 0 fully saturated rings. The van der Waals surface area contributed by atoms with Crippen LogP contribution in [-0.2, 0) is 0 Å². The summed E-state index contributed by atoms with van der Waals surface area (Å²) >= 11 is 0. The van der Waals surface area contributed by atoms with Crippen LogP contribution in [0, 0.1) is 0 Å². The Morgan fingerprint density at radius 1 is 0.812 bits per heavy atom. The van der Waals surface area contributed by atoms with E-state index in [1.807, 2.05) is 0 Å². The highest BCUT2D eigenvalue weighted by Gasteiger charge is 2.35. The molecule has 2 aromatic rings. The number of carbonyl (C=O) groups excluding carboxylic acids is 2. The predicted molar refractivity (Wildman–Crippen MR) is 38.8 cm³/mol. The van der Waals surface area contributed by atoms with Crippen molar-refractivity contribution in [3.63, 3.8) is 0 Å². The van der Waals surface area contributed by atoms with Gasteiger partial charge in [0, 0.05) is 0 Å². The Balaban J connectivity index is 2.38. The van der Waals surface area contributed by atoms with Crippen LogP contribution in [0.2, 0.25) is 0 Å².